The zero-order valence-electron chi connectivity index (χ0n) is 14.7. The van der Waals surface area contributed by atoms with Gasteiger partial charge < -0.3 is 14.6 Å². The number of pyridine rings is 2. The van der Waals surface area contributed by atoms with Crippen molar-refractivity contribution >= 4 is 5.91 Å². The van der Waals surface area contributed by atoms with Crippen molar-refractivity contribution in [2.24, 2.45) is 0 Å². The summed E-state index contributed by atoms with van der Waals surface area (Å²) in [6.07, 6.45) is 3.15. The number of aromatic nitrogens is 2. The molecule has 0 aliphatic carbocycles. The molecular weight excluding hydrogens is 349 g/mol. The van der Waals surface area contributed by atoms with Crippen LogP contribution in [0.4, 0.5) is 4.39 Å². The molecular formula is C20H18FN3O3. The molecule has 0 saturated carbocycles. The standard InChI is InChI=1S/C20H18FN3O3/c1-27-19-10-14(6-8-22-19)12-23-18(25)13-24-9-7-16(11-20(24)26)15-2-4-17(21)5-3-15/h2-11H,12-13H2,1H3,(H,23,25). The van der Waals surface area contributed by atoms with Gasteiger partial charge in [-0.15, -0.1) is 0 Å². The van der Waals surface area contributed by atoms with Crippen molar-refractivity contribution in [2.75, 3.05) is 7.11 Å². The molecule has 1 amide bonds. The van der Waals surface area contributed by atoms with Crippen LogP contribution in [0.3, 0.4) is 0 Å². The van der Waals surface area contributed by atoms with Crippen molar-refractivity contribution < 1.29 is 13.9 Å². The SMILES string of the molecule is COc1cc(CNC(=O)Cn2ccc(-c3ccc(F)cc3)cc2=O)ccn1. The quantitative estimate of drug-likeness (QED) is 0.726. The lowest BCUT2D eigenvalue weighted by Crippen LogP contribution is -2.31. The maximum absolute atomic E-state index is 13.0. The van der Waals surface area contributed by atoms with Gasteiger partial charge in [0.2, 0.25) is 11.8 Å². The number of rotatable bonds is 6. The highest BCUT2D eigenvalue weighted by molar-refractivity contribution is 5.75. The topological polar surface area (TPSA) is 73.2 Å². The average molecular weight is 367 g/mol. The van der Waals surface area contributed by atoms with Crippen LogP contribution in [0.5, 0.6) is 5.88 Å². The first-order valence-corrected chi connectivity index (χ1v) is 8.27. The molecule has 0 radical (unpaired) electrons. The number of methoxy groups -OCH3 is 1. The lowest BCUT2D eigenvalue weighted by atomic mass is 10.1. The van der Waals surface area contributed by atoms with Gasteiger partial charge in [-0.2, -0.15) is 0 Å². The zero-order valence-corrected chi connectivity index (χ0v) is 14.7. The van der Waals surface area contributed by atoms with Gasteiger partial charge in [-0.3, -0.25) is 9.59 Å². The molecule has 138 valence electrons. The van der Waals surface area contributed by atoms with Crippen LogP contribution in [0.2, 0.25) is 0 Å². The first kappa shape index (κ1) is 18.3. The van der Waals surface area contributed by atoms with Crippen LogP contribution >= 0.6 is 0 Å². The van der Waals surface area contributed by atoms with Crippen LogP contribution in [0.15, 0.2) is 65.7 Å². The summed E-state index contributed by atoms with van der Waals surface area (Å²) >= 11 is 0. The van der Waals surface area contributed by atoms with Gasteiger partial charge in [0.05, 0.1) is 7.11 Å². The highest BCUT2D eigenvalue weighted by Gasteiger charge is 2.07. The molecule has 2 aromatic heterocycles. The highest BCUT2D eigenvalue weighted by Crippen LogP contribution is 2.17. The Kier molecular flexibility index (Phi) is 5.61. The lowest BCUT2D eigenvalue weighted by molar-refractivity contribution is -0.121. The van der Waals surface area contributed by atoms with Crippen molar-refractivity contribution in [2.45, 2.75) is 13.1 Å². The molecule has 0 bridgehead atoms. The molecule has 0 atom stereocenters. The second-order valence-corrected chi connectivity index (χ2v) is 5.87. The van der Waals surface area contributed by atoms with Gasteiger partial charge in [0, 0.05) is 31.1 Å². The second-order valence-electron chi connectivity index (χ2n) is 5.87. The van der Waals surface area contributed by atoms with E-state index in [2.05, 4.69) is 10.3 Å². The van der Waals surface area contributed by atoms with Crippen molar-refractivity contribution in [3.63, 3.8) is 0 Å². The van der Waals surface area contributed by atoms with E-state index < -0.39 is 0 Å². The Morgan fingerprint density at radius 3 is 2.63 bits per heavy atom. The summed E-state index contributed by atoms with van der Waals surface area (Å²) in [4.78, 5) is 28.4. The fraction of sp³-hybridized carbons (Fsp3) is 0.150. The molecule has 6 nitrogen and oxygen atoms in total. The lowest BCUT2D eigenvalue weighted by Gasteiger charge is -2.09. The van der Waals surface area contributed by atoms with E-state index in [1.165, 1.54) is 29.9 Å². The fourth-order valence-corrected chi connectivity index (χ4v) is 2.54. The number of benzene rings is 1. The summed E-state index contributed by atoms with van der Waals surface area (Å²) in [7, 11) is 1.52. The van der Waals surface area contributed by atoms with Crippen LogP contribution in [0.1, 0.15) is 5.56 Å². The van der Waals surface area contributed by atoms with E-state index in [9.17, 15) is 14.0 Å². The number of ether oxygens (including phenoxy) is 1. The summed E-state index contributed by atoms with van der Waals surface area (Å²) in [5.74, 6) is -0.160. The number of hydrogen-bond donors (Lipinski definition) is 1. The van der Waals surface area contributed by atoms with E-state index in [0.29, 0.717) is 18.0 Å². The van der Waals surface area contributed by atoms with Gasteiger partial charge >= 0.3 is 0 Å². The smallest absolute Gasteiger partial charge is 0.251 e. The molecule has 1 aromatic carbocycles. The summed E-state index contributed by atoms with van der Waals surface area (Å²) in [5, 5.41) is 2.75. The minimum atomic E-state index is -0.337. The van der Waals surface area contributed by atoms with Gasteiger partial charge in [-0.25, -0.2) is 9.37 Å². The predicted molar refractivity (Wildman–Crippen MR) is 98.7 cm³/mol. The van der Waals surface area contributed by atoms with Crippen molar-refractivity contribution in [3.05, 3.63) is 82.7 Å². The summed E-state index contributed by atoms with van der Waals surface area (Å²) < 4.78 is 19.4. The van der Waals surface area contributed by atoms with Crippen LogP contribution in [0.25, 0.3) is 11.1 Å². The normalized spacial score (nSPS) is 10.4. The average Bonchev–Trinajstić information content (AvgIpc) is 2.69. The Labute approximate surface area is 155 Å². The molecule has 3 rings (SSSR count). The third kappa shape index (κ3) is 4.78. The summed E-state index contributed by atoms with van der Waals surface area (Å²) in [6.45, 7) is 0.213. The minimum absolute atomic E-state index is 0.0925. The Morgan fingerprint density at radius 1 is 1.15 bits per heavy atom. The molecule has 2 heterocycles. The molecule has 0 aliphatic heterocycles. The van der Waals surface area contributed by atoms with Crippen LogP contribution in [-0.2, 0) is 17.9 Å². The van der Waals surface area contributed by atoms with Gasteiger partial charge in [0.25, 0.3) is 5.56 Å². The largest absolute Gasteiger partial charge is 0.481 e. The Balaban J connectivity index is 1.64. The van der Waals surface area contributed by atoms with Crippen molar-refractivity contribution in [3.8, 4) is 17.0 Å². The number of halogens is 1. The first-order valence-electron chi connectivity index (χ1n) is 8.27. The van der Waals surface area contributed by atoms with Crippen LogP contribution < -0.4 is 15.6 Å². The Hall–Kier alpha value is -3.48. The number of nitrogens with zero attached hydrogens (tertiary/aromatic N) is 2. The number of carbonyl (C=O) groups is 1. The summed E-state index contributed by atoms with van der Waals surface area (Å²) in [6, 6.07) is 12.5. The van der Waals surface area contributed by atoms with Crippen LogP contribution in [-0.4, -0.2) is 22.6 Å². The predicted octanol–water partition coefficient (Wildman–Crippen LogP) is 2.37. The van der Waals surface area contributed by atoms with Gasteiger partial charge in [-0.1, -0.05) is 12.1 Å². The van der Waals surface area contributed by atoms with E-state index in [1.807, 2.05) is 0 Å². The molecule has 27 heavy (non-hydrogen) atoms. The number of hydrogen-bond acceptors (Lipinski definition) is 4. The van der Waals surface area contributed by atoms with Crippen molar-refractivity contribution in [1.82, 2.24) is 14.9 Å². The maximum Gasteiger partial charge on any atom is 0.251 e. The number of amides is 1. The third-order valence-electron chi connectivity index (χ3n) is 3.99. The molecule has 0 fully saturated rings. The maximum atomic E-state index is 13.0. The zero-order chi connectivity index (χ0) is 19.2. The van der Waals surface area contributed by atoms with Crippen LogP contribution in [0, 0.1) is 5.82 Å². The molecule has 3 aromatic rings. The number of nitrogens with one attached hydrogen (secondary N) is 1. The molecule has 0 aliphatic rings. The molecule has 0 unspecified atom stereocenters. The minimum Gasteiger partial charge on any atom is -0.481 e. The Bertz CT molecular complexity index is 1000. The van der Waals surface area contributed by atoms with Gasteiger partial charge in [-0.05, 0) is 41.0 Å². The number of carbonyl (C=O) groups excluding carboxylic acids is 1. The van der Waals surface area contributed by atoms with Crippen molar-refractivity contribution in [1.29, 1.82) is 0 Å². The Morgan fingerprint density at radius 2 is 1.93 bits per heavy atom. The van der Waals surface area contributed by atoms with E-state index in [4.69, 9.17) is 4.74 Å². The highest BCUT2D eigenvalue weighted by atomic mass is 19.1. The molecule has 7 heteroatoms. The van der Waals surface area contributed by atoms with Gasteiger partial charge in [0.1, 0.15) is 12.4 Å². The first-order chi connectivity index (χ1) is 13.0. The molecule has 0 saturated heterocycles. The molecule has 1 N–H and O–H groups in total. The van der Waals surface area contributed by atoms with E-state index >= 15 is 0 Å². The van der Waals surface area contributed by atoms with E-state index in [-0.39, 0.29) is 23.8 Å². The van der Waals surface area contributed by atoms with E-state index in [0.717, 1.165) is 11.1 Å². The summed E-state index contributed by atoms with van der Waals surface area (Å²) in [5.41, 5.74) is 1.93. The van der Waals surface area contributed by atoms with Gasteiger partial charge in [0.15, 0.2) is 0 Å². The van der Waals surface area contributed by atoms with E-state index in [1.54, 1.807) is 42.7 Å². The second kappa shape index (κ2) is 8.27. The monoisotopic (exact) mass is 367 g/mol. The fourth-order valence-electron chi connectivity index (χ4n) is 2.54. The molecule has 0 spiro atoms. The third-order valence-corrected chi connectivity index (χ3v) is 3.99.